The molecule has 22 heavy (non-hydrogen) atoms. The fourth-order valence-electron chi connectivity index (χ4n) is 1.82. The van der Waals surface area contributed by atoms with Crippen molar-refractivity contribution in [2.75, 3.05) is 0 Å². The van der Waals surface area contributed by atoms with Crippen molar-refractivity contribution in [3.05, 3.63) is 70.3 Å². The minimum absolute atomic E-state index is 0.131. The summed E-state index contributed by atoms with van der Waals surface area (Å²) in [4.78, 5) is 11.1. The van der Waals surface area contributed by atoms with Crippen LogP contribution in [-0.4, -0.2) is 5.91 Å². The lowest BCUT2D eigenvalue weighted by Gasteiger charge is -2.10. The lowest BCUT2D eigenvalue weighted by molar-refractivity contribution is -0.114. The number of ether oxygens (including phenoxy) is 1. The van der Waals surface area contributed by atoms with Crippen molar-refractivity contribution in [3.8, 4) is 11.8 Å². The first-order valence-corrected chi connectivity index (χ1v) is 6.86. The van der Waals surface area contributed by atoms with E-state index in [0.717, 1.165) is 5.56 Å². The summed E-state index contributed by atoms with van der Waals surface area (Å²) in [7, 11) is 0. The number of nitrogens with zero attached hydrogens (tertiary/aromatic N) is 1. The quantitative estimate of drug-likeness (QED) is 0.679. The molecule has 5 heteroatoms. The minimum atomic E-state index is -0.775. The van der Waals surface area contributed by atoms with Gasteiger partial charge < -0.3 is 10.5 Å². The second-order valence-corrected chi connectivity index (χ2v) is 4.86. The highest BCUT2D eigenvalue weighted by Gasteiger charge is 2.08. The maximum Gasteiger partial charge on any atom is 0.259 e. The van der Waals surface area contributed by atoms with Gasteiger partial charge in [0.1, 0.15) is 24.0 Å². The van der Waals surface area contributed by atoms with Crippen LogP contribution in [0.15, 0.2) is 54.1 Å². The van der Waals surface area contributed by atoms with Crippen molar-refractivity contribution in [1.82, 2.24) is 0 Å². The van der Waals surface area contributed by atoms with Gasteiger partial charge in [-0.1, -0.05) is 48.0 Å². The molecule has 2 rings (SSSR count). The van der Waals surface area contributed by atoms with Crippen molar-refractivity contribution in [2.24, 2.45) is 5.73 Å². The first-order chi connectivity index (χ1) is 10.6. The van der Waals surface area contributed by atoms with Crippen molar-refractivity contribution in [3.63, 3.8) is 0 Å². The van der Waals surface area contributed by atoms with Gasteiger partial charge in [0, 0.05) is 16.1 Å². The number of nitriles is 1. The van der Waals surface area contributed by atoms with Gasteiger partial charge in [-0.3, -0.25) is 4.79 Å². The van der Waals surface area contributed by atoms with Crippen LogP contribution in [-0.2, 0) is 11.4 Å². The van der Waals surface area contributed by atoms with Crippen LogP contribution >= 0.6 is 11.6 Å². The van der Waals surface area contributed by atoms with E-state index in [4.69, 9.17) is 27.3 Å². The largest absolute Gasteiger partial charge is 0.488 e. The summed E-state index contributed by atoms with van der Waals surface area (Å²) < 4.78 is 5.74. The number of nitrogens with two attached hydrogens (primary N) is 1. The third-order valence-corrected chi connectivity index (χ3v) is 3.31. The third kappa shape index (κ3) is 3.87. The van der Waals surface area contributed by atoms with Crippen LogP contribution < -0.4 is 10.5 Å². The Balaban J connectivity index is 2.24. The van der Waals surface area contributed by atoms with E-state index in [2.05, 4.69) is 0 Å². The van der Waals surface area contributed by atoms with E-state index < -0.39 is 5.91 Å². The maximum absolute atomic E-state index is 11.1. The number of amides is 1. The average molecular weight is 313 g/mol. The van der Waals surface area contributed by atoms with Gasteiger partial charge in [-0.25, -0.2) is 0 Å². The lowest BCUT2D eigenvalue weighted by atomic mass is 10.1. The number of primary amides is 1. The zero-order valence-electron chi connectivity index (χ0n) is 11.6. The van der Waals surface area contributed by atoms with E-state index in [-0.39, 0.29) is 12.2 Å². The van der Waals surface area contributed by atoms with Crippen LogP contribution in [0.4, 0.5) is 0 Å². The molecule has 0 radical (unpaired) electrons. The fourth-order valence-corrected chi connectivity index (χ4v) is 2.01. The molecule has 0 saturated carbocycles. The zero-order valence-corrected chi connectivity index (χ0v) is 12.4. The van der Waals surface area contributed by atoms with Gasteiger partial charge in [0.2, 0.25) is 0 Å². The van der Waals surface area contributed by atoms with E-state index in [1.807, 2.05) is 18.2 Å². The number of hydrogen-bond donors (Lipinski definition) is 1. The first kappa shape index (κ1) is 15.6. The highest BCUT2D eigenvalue weighted by atomic mass is 35.5. The predicted octanol–water partition coefficient (Wildman–Crippen LogP) is 3.31. The Morgan fingerprint density at radius 3 is 2.59 bits per heavy atom. The molecule has 0 aliphatic rings. The van der Waals surface area contributed by atoms with Crippen molar-refractivity contribution in [2.45, 2.75) is 6.61 Å². The molecule has 0 unspecified atom stereocenters. The van der Waals surface area contributed by atoms with Crippen molar-refractivity contribution in [1.29, 1.82) is 5.26 Å². The Morgan fingerprint density at radius 1 is 1.23 bits per heavy atom. The van der Waals surface area contributed by atoms with Gasteiger partial charge in [-0.05, 0) is 18.2 Å². The number of carbonyl (C=O) groups is 1. The first-order valence-electron chi connectivity index (χ1n) is 6.48. The second-order valence-electron chi connectivity index (χ2n) is 4.45. The van der Waals surface area contributed by atoms with Gasteiger partial charge in [-0.15, -0.1) is 0 Å². The summed E-state index contributed by atoms with van der Waals surface area (Å²) in [6.45, 7) is 0.281. The molecule has 0 saturated heterocycles. The Morgan fingerprint density at radius 2 is 1.91 bits per heavy atom. The van der Waals surface area contributed by atoms with E-state index in [1.165, 1.54) is 6.08 Å². The van der Waals surface area contributed by atoms with E-state index in [9.17, 15) is 4.79 Å². The third-order valence-electron chi connectivity index (χ3n) is 2.95. The van der Waals surface area contributed by atoms with Crippen LogP contribution in [0, 0.1) is 11.3 Å². The SMILES string of the molecule is N#CC(=Cc1ccccc1OCc1ccccc1Cl)C(N)=O. The Labute approximate surface area is 133 Å². The average Bonchev–Trinajstić information content (AvgIpc) is 2.52. The molecule has 4 nitrogen and oxygen atoms in total. The molecule has 2 aromatic rings. The maximum atomic E-state index is 11.1. The number of para-hydroxylation sites is 1. The zero-order chi connectivity index (χ0) is 15.9. The van der Waals surface area contributed by atoms with Gasteiger partial charge in [0.25, 0.3) is 5.91 Å². The molecule has 0 bridgehead atoms. The van der Waals surface area contributed by atoms with Gasteiger partial charge >= 0.3 is 0 Å². The standard InChI is InChI=1S/C17H13ClN2O2/c18-15-7-3-1-6-13(15)11-22-16-8-4-2-5-12(16)9-14(10-19)17(20)21/h1-9H,11H2,(H2,20,21). The van der Waals surface area contributed by atoms with E-state index >= 15 is 0 Å². The Bertz CT molecular complexity index is 763. The summed E-state index contributed by atoms with van der Waals surface area (Å²) in [5.41, 5.74) is 6.46. The molecule has 0 aliphatic carbocycles. The number of benzene rings is 2. The number of rotatable bonds is 5. The molecule has 0 aromatic heterocycles. The Hall–Kier alpha value is -2.77. The molecular formula is C17H13ClN2O2. The highest BCUT2D eigenvalue weighted by Crippen LogP contribution is 2.23. The van der Waals surface area contributed by atoms with Crippen LogP contribution in [0.3, 0.4) is 0 Å². The predicted molar refractivity (Wildman–Crippen MR) is 85.0 cm³/mol. The molecule has 0 atom stereocenters. The molecule has 0 spiro atoms. The number of halogens is 1. The van der Waals surface area contributed by atoms with E-state index in [0.29, 0.717) is 16.3 Å². The molecular weight excluding hydrogens is 300 g/mol. The normalized spacial score (nSPS) is 10.8. The van der Waals surface area contributed by atoms with Crippen LogP contribution in [0.25, 0.3) is 6.08 Å². The van der Waals surface area contributed by atoms with Gasteiger partial charge in [0.05, 0.1) is 0 Å². The summed E-state index contributed by atoms with van der Waals surface area (Å²) in [5, 5.41) is 9.53. The second kappa shape index (κ2) is 7.30. The molecule has 0 fully saturated rings. The smallest absolute Gasteiger partial charge is 0.259 e. The Kier molecular flexibility index (Phi) is 5.18. The van der Waals surface area contributed by atoms with Gasteiger partial charge in [0.15, 0.2) is 0 Å². The fraction of sp³-hybridized carbons (Fsp3) is 0.0588. The van der Waals surface area contributed by atoms with Gasteiger partial charge in [-0.2, -0.15) is 5.26 Å². The summed E-state index contributed by atoms with van der Waals surface area (Å²) >= 11 is 6.08. The molecule has 2 N–H and O–H groups in total. The molecule has 0 aliphatic heterocycles. The van der Waals surface area contributed by atoms with Crippen LogP contribution in [0.5, 0.6) is 5.75 Å². The van der Waals surface area contributed by atoms with Crippen LogP contribution in [0.2, 0.25) is 5.02 Å². The molecule has 0 heterocycles. The van der Waals surface area contributed by atoms with Crippen molar-refractivity contribution >= 4 is 23.6 Å². The lowest BCUT2D eigenvalue weighted by Crippen LogP contribution is -2.12. The molecule has 110 valence electrons. The summed E-state index contributed by atoms with van der Waals surface area (Å²) in [6.07, 6.45) is 1.41. The topological polar surface area (TPSA) is 76.1 Å². The number of hydrogen-bond acceptors (Lipinski definition) is 3. The summed E-state index contributed by atoms with van der Waals surface area (Å²) in [6, 6.07) is 16.2. The monoisotopic (exact) mass is 312 g/mol. The summed E-state index contributed by atoms with van der Waals surface area (Å²) in [5.74, 6) is -0.236. The molecule has 1 amide bonds. The minimum Gasteiger partial charge on any atom is -0.488 e. The van der Waals surface area contributed by atoms with E-state index in [1.54, 1.807) is 36.4 Å². The highest BCUT2D eigenvalue weighted by molar-refractivity contribution is 6.31. The van der Waals surface area contributed by atoms with Crippen molar-refractivity contribution < 1.29 is 9.53 Å². The number of carbonyl (C=O) groups excluding carboxylic acids is 1. The molecule has 2 aromatic carbocycles. The van der Waals surface area contributed by atoms with Crippen LogP contribution in [0.1, 0.15) is 11.1 Å².